The fourth-order valence-electron chi connectivity index (χ4n) is 4.50. The number of hydrogen-bond acceptors (Lipinski definition) is 4. The second-order valence-electron chi connectivity index (χ2n) is 9.48. The molecule has 0 radical (unpaired) electrons. The first-order chi connectivity index (χ1) is 16.3. The van der Waals surface area contributed by atoms with Gasteiger partial charge in [0.05, 0.1) is 5.92 Å². The van der Waals surface area contributed by atoms with E-state index in [1.807, 2.05) is 38.1 Å². The Morgan fingerprint density at radius 2 is 1.50 bits per heavy atom. The summed E-state index contributed by atoms with van der Waals surface area (Å²) in [4.78, 5) is 36.0. The van der Waals surface area contributed by atoms with Gasteiger partial charge in [-0.1, -0.05) is 69.3 Å². The second kappa shape index (κ2) is 11.7. The Morgan fingerprint density at radius 1 is 0.912 bits per heavy atom. The summed E-state index contributed by atoms with van der Waals surface area (Å²) >= 11 is 0. The summed E-state index contributed by atoms with van der Waals surface area (Å²) in [6.45, 7) is 6.47. The lowest BCUT2D eigenvalue weighted by molar-refractivity contribution is -0.138. The van der Waals surface area contributed by atoms with Crippen LogP contribution in [0, 0.1) is 17.8 Å². The maximum absolute atomic E-state index is 12.7. The SMILES string of the molecule is CC(C)CC(CNC(=O)OCC1c2ccccc2-c2ccccc21)C(=O)NCC(C)CC(=O)O. The van der Waals surface area contributed by atoms with Crippen molar-refractivity contribution in [3.05, 3.63) is 59.7 Å². The third kappa shape index (κ3) is 6.59. The number of ether oxygens (including phenoxy) is 1. The van der Waals surface area contributed by atoms with E-state index in [1.165, 1.54) is 0 Å². The van der Waals surface area contributed by atoms with Crippen molar-refractivity contribution in [2.24, 2.45) is 17.8 Å². The Labute approximate surface area is 200 Å². The normalized spacial score (nSPS) is 14.1. The highest BCUT2D eigenvalue weighted by atomic mass is 16.5. The number of hydrogen-bond donors (Lipinski definition) is 3. The first-order valence-corrected chi connectivity index (χ1v) is 11.8. The number of nitrogens with one attached hydrogen (secondary N) is 2. The lowest BCUT2D eigenvalue weighted by atomic mass is 9.96. The fraction of sp³-hybridized carbons (Fsp3) is 0.444. The monoisotopic (exact) mass is 466 g/mol. The molecule has 0 fully saturated rings. The number of aliphatic carboxylic acids is 1. The molecule has 2 aromatic rings. The number of fused-ring (bicyclic) bond motifs is 3. The van der Waals surface area contributed by atoms with Gasteiger partial charge in [-0.25, -0.2) is 4.79 Å². The van der Waals surface area contributed by atoms with Crippen molar-refractivity contribution in [1.29, 1.82) is 0 Å². The Kier molecular flexibility index (Phi) is 8.68. The number of carboxylic acids is 1. The van der Waals surface area contributed by atoms with E-state index in [2.05, 4.69) is 34.9 Å². The summed E-state index contributed by atoms with van der Waals surface area (Å²) in [5, 5.41) is 14.5. The van der Waals surface area contributed by atoms with Crippen molar-refractivity contribution in [1.82, 2.24) is 10.6 Å². The largest absolute Gasteiger partial charge is 0.481 e. The van der Waals surface area contributed by atoms with Gasteiger partial charge >= 0.3 is 12.1 Å². The molecular formula is C27H34N2O5. The zero-order chi connectivity index (χ0) is 24.7. The Hall–Kier alpha value is -3.35. The summed E-state index contributed by atoms with van der Waals surface area (Å²) < 4.78 is 5.57. The zero-order valence-electron chi connectivity index (χ0n) is 20.0. The summed E-state index contributed by atoms with van der Waals surface area (Å²) in [5.41, 5.74) is 4.61. The molecule has 1 aliphatic rings. The third-order valence-corrected chi connectivity index (χ3v) is 6.11. The molecule has 0 spiro atoms. The lowest BCUT2D eigenvalue weighted by Gasteiger charge is -2.21. The smallest absolute Gasteiger partial charge is 0.407 e. The molecule has 3 rings (SSSR count). The highest BCUT2D eigenvalue weighted by Gasteiger charge is 2.29. The molecule has 3 N–H and O–H groups in total. The third-order valence-electron chi connectivity index (χ3n) is 6.11. The molecule has 2 atom stereocenters. The number of benzene rings is 2. The topological polar surface area (TPSA) is 105 Å². The van der Waals surface area contributed by atoms with E-state index in [0.29, 0.717) is 6.42 Å². The van der Waals surface area contributed by atoms with Crippen LogP contribution in [-0.2, 0) is 14.3 Å². The van der Waals surface area contributed by atoms with Gasteiger partial charge < -0.3 is 20.5 Å². The minimum absolute atomic E-state index is 0.00682. The Balaban J connectivity index is 1.54. The quantitative estimate of drug-likeness (QED) is 0.455. The molecule has 0 aromatic heterocycles. The standard InChI is InChI=1S/C27H34N2O5/c1-17(2)12-19(26(32)28-14-18(3)13-25(30)31)15-29-27(33)34-16-24-22-10-6-4-8-20(22)21-9-5-7-11-23(21)24/h4-11,17-19,24H,12-16H2,1-3H3,(H,28,32)(H,29,33)(H,30,31). The molecule has 0 heterocycles. The van der Waals surface area contributed by atoms with Crippen LogP contribution in [0.1, 0.15) is 50.7 Å². The van der Waals surface area contributed by atoms with Crippen molar-refractivity contribution in [2.75, 3.05) is 19.7 Å². The average molecular weight is 467 g/mol. The van der Waals surface area contributed by atoms with Gasteiger partial charge in [0.2, 0.25) is 5.91 Å². The average Bonchev–Trinajstić information content (AvgIpc) is 3.12. The fourth-order valence-corrected chi connectivity index (χ4v) is 4.50. The predicted octanol–water partition coefficient (Wildman–Crippen LogP) is 4.41. The highest BCUT2D eigenvalue weighted by Crippen LogP contribution is 2.44. The molecule has 2 unspecified atom stereocenters. The van der Waals surface area contributed by atoms with Crippen LogP contribution in [-0.4, -0.2) is 42.8 Å². The highest BCUT2D eigenvalue weighted by molar-refractivity contribution is 5.80. The molecule has 0 saturated carbocycles. The molecule has 2 amide bonds. The molecule has 0 saturated heterocycles. The van der Waals surface area contributed by atoms with Crippen molar-refractivity contribution >= 4 is 18.0 Å². The van der Waals surface area contributed by atoms with Crippen molar-refractivity contribution in [3.63, 3.8) is 0 Å². The van der Waals surface area contributed by atoms with E-state index in [0.717, 1.165) is 22.3 Å². The molecule has 34 heavy (non-hydrogen) atoms. The molecule has 0 aliphatic heterocycles. The van der Waals surface area contributed by atoms with Crippen LogP contribution >= 0.6 is 0 Å². The number of rotatable bonds is 11. The van der Waals surface area contributed by atoms with Crippen LogP contribution in [0.5, 0.6) is 0 Å². The molecular weight excluding hydrogens is 432 g/mol. The maximum Gasteiger partial charge on any atom is 0.407 e. The van der Waals surface area contributed by atoms with Gasteiger partial charge in [0.1, 0.15) is 6.61 Å². The molecule has 7 heteroatoms. The number of alkyl carbamates (subject to hydrolysis) is 1. The second-order valence-corrected chi connectivity index (χ2v) is 9.48. The van der Waals surface area contributed by atoms with Crippen LogP contribution in [0.4, 0.5) is 4.79 Å². The van der Waals surface area contributed by atoms with E-state index >= 15 is 0 Å². The number of amides is 2. The van der Waals surface area contributed by atoms with Crippen LogP contribution in [0.2, 0.25) is 0 Å². The van der Waals surface area contributed by atoms with Crippen molar-refractivity contribution < 1.29 is 24.2 Å². The van der Waals surface area contributed by atoms with Crippen LogP contribution < -0.4 is 10.6 Å². The Morgan fingerprint density at radius 3 is 2.06 bits per heavy atom. The van der Waals surface area contributed by atoms with Gasteiger partial charge in [-0.2, -0.15) is 0 Å². The lowest BCUT2D eigenvalue weighted by Crippen LogP contribution is -2.41. The van der Waals surface area contributed by atoms with Gasteiger partial charge in [0.15, 0.2) is 0 Å². The van der Waals surface area contributed by atoms with E-state index in [1.54, 1.807) is 6.92 Å². The molecule has 1 aliphatic carbocycles. The van der Waals surface area contributed by atoms with E-state index in [9.17, 15) is 14.4 Å². The molecule has 182 valence electrons. The zero-order valence-corrected chi connectivity index (χ0v) is 20.0. The van der Waals surface area contributed by atoms with Gasteiger partial charge in [-0.15, -0.1) is 0 Å². The van der Waals surface area contributed by atoms with Crippen LogP contribution in [0.15, 0.2) is 48.5 Å². The van der Waals surface area contributed by atoms with E-state index < -0.39 is 18.0 Å². The summed E-state index contributed by atoms with van der Waals surface area (Å²) in [7, 11) is 0. The van der Waals surface area contributed by atoms with Crippen molar-refractivity contribution in [3.8, 4) is 11.1 Å². The van der Waals surface area contributed by atoms with Gasteiger partial charge in [-0.3, -0.25) is 9.59 Å². The summed E-state index contributed by atoms with van der Waals surface area (Å²) in [6, 6.07) is 16.3. The van der Waals surface area contributed by atoms with E-state index in [-0.39, 0.29) is 49.8 Å². The molecule has 0 bridgehead atoms. The predicted molar refractivity (Wildman–Crippen MR) is 130 cm³/mol. The van der Waals surface area contributed by atoms with Gasteiger partial charge in [0, 0.05) is 25.4 Å². The minimum atomic E-state index is -0.891. The van der Waals surface area contributed by atoms with Crippen molar-refractivity contribution in [2.45, 2.75) is 39.5 Å². The van der Waals surface area contributed by atoms with E-state index in [4.69, 9.17) is 9.84 Å². The van der Waals surface area contributed by atoms with Crippen LogP contribution in [0.25, 0.3) is 11.1 Å². The summed E-state index contributed by atoms with van der Waals surface area (Å²) in [6.07, 6.45) is 0.0401. The maximum atomic E-state index is 12.7. The number of carbonyl (C=O) groups is 3. The van der Waals surface area contributed by atoms with Gasteiger partial charge in [-0.05, 0) is 40.5 Å². The number of carbonyl (C=O) groups excluding carboxylic acids is 2. The van der Waals surface area contributed by atoms with Crippen LogP contribution in [0.3, 0.4) is 0 Å². The molecule has 7 nitrogen and oxygen atoms in total. The Bertz CT molecular complexity index is 974. The van der Waals surface area contributed by atoms with Gasteiger partial charge in [0.25, 0.3) is 0 Å². The first kappa shape index (κ1) is 25.3. The summed E-state index contributed by atoms with van der Waals surface area (Å²) in [5.74, 6) is -1.43. The minimum Gasteiger partial charge on any atom is -0.481 e. The first-order valence-electron chi connectivity index (χ1n) is 11.8. The molecule has 2 aromatic carbocycles. The number of carboxylic acid groups (broad SMARTS) is 1.